The zero-order valence-electron chi connectivity index (χ0n) is 12.1. The molecule has 2 atom stereocenters. The third-order valence-electron chi connectivity index (χ3n) is 6.63. The molecule has 21 heavy (non-hydrogen) atoms. The van der Waals surface area contributed by atoms with Crippen molar-refractivity contribution in [1.82, 2.24) is 15.1 Å². The third-order valence-corrected chi connectivity index (χ3v) is 6.63. The molecule has 0 amide bonds. The number of tetrazole rings is 1. The van der Waals surface area contributed by atoms with Crippen LogP contribution in [0.2, 0.25) is 0 Å². The highest BCUT2D eigenvalue weighted by Crippen LogP contribution is 2.64. The van der Waals surface area contributed by atoms with Crippen LogP contribution in [0.5, 0.6) is 0 Å². The zero-order chi connectivity index (χ0) is 13.6. The molecule has 4 aliphatic carbocycles. The first-order valence-electron chi connectivity index (χ1n) is 8.28. The van der Waals surface area contributed by atoms with Gasteiger partial charge in [-0.25, -0.2) is 0 Å². The van der Waals surface area contributed by atoms with Gasteiger partial charge in [-0.05, 0) is 55.9 Å². The molecule has 1 aliphatic heterocycles. The number of nitrogens with zero attached hydrogens (tertiary/aromatic N) is 4. The SMILES string of the molecule is c1ccc2c(c1)C[n+]1nnn(C34CC5CC(CC3C5)C4)c1-2. The van der Waals surface area contributed by atoms with E-state index in [4.69, 9.17) is 0 Å². The van der Waals surface area contributed by atoms with Crippen LogP contribution in [-0.4, -0.2) is 15.1 Å². The van der Waals surface area contributed by atoms with Crippen LogP contribution in [0.3, 0.4) is 0 Å². The summed E-state index contributed by atoms with van der Waals surface area (Å²) >= 11 is 0. The maximum absolute atomic E-state index is 4.64. The zero-order valence-corrected chi connectivity index (χ0v) is 12.1. The summed E-state index contributed by atoms with van der Waals surface area (Å²) < 4.78 is 4.46. The lowest BCUT2D eigenvalue weighted by Gasteiger charge is -2.28. The molecule has 4 fully saturated rings. The van der Waals surface area contributed by atoms with Gasteiger partial charge in [-0.15, -0.1) is 4.68 Å². The van der Waals surface area contributed by atoms with E-state index in [-0.39, 0.29) is 0 Å². The van der Waals surface area contributed by atoms with Crippen LogP contribution >= 0.6 is 0 Å². The maximum Gasteiger partial charge on any atom is 0.290 e. The number of hydrogen-bond donors (Lipinski definition) is 0. The Kier molecular flexibility index (Phi) is 1.75. The highest BCUT2D eigenvalue weighted by Gasteiger charge is 2.63. The average molecular weight is 279 g/mol. The fraction of sp³-hybridized carbons (Fsp3) is 0.588. The quantitative estimate of drug-likeness (QED) is 0.640. The Morgan fingerprint density at radius 1 is 1.10 bits per heavy atom. The first-order chi connectivity index (χ1) is 10.3. The second-order valence-corrected chi connectivity index (χ2v) is 7.68. The summed E-state index contributed by atoms with van der Waals surface area (Å²) in [6, 6.07) is 8.74. The van der Waals surface area contributed by atoms with Gasteiger partial charge in [0.25, 0.3) is 5.82 Å². The number of hydrogen-bond acceptors (Lipinski definition) is 2. The standard InChI is InChI=1S/C17H19N4/c1-2-4-15-13(3-1)10-20-16(15)21(19-18-20)17-8-11-5-12(9-17)7-14(17)6-11/h1-4,11-12,14H,5-10H2/q+1. The fourth-order valence-electron chi connectivity index (χ4n) is 6.08. The molecule has 2 unspecified atom stereocenters. The van der Waals surface area contributed by atoms with Crippen molar-refractivity contribution in [2.45, 2.75) is 44.2 Å². The van der Waals surface area contributed by atoms with Crippen LogP contribution in [0, 0.1) is 17.8 Å². The first kappa shape index (κ1) is 10.9. The Labute approximate surface area is 123 Å². The number of rotatable bonds is 1. The van der Waals surface area contributed by atoms with Crippen molar-refractivity contribution in [2.24, 2.45) is 17.8 Å². The van der Waals surface area contributed by atoms with Gasteiger partial charge in [0.1, 0.15) is 17.3 Å². The summed E-state index contributed by atoms with van der Waals surface area (Å²) in [6.45, 7) is 0.888. The van der Waals surface area contributed by atoms with E-state index >= 15 is 0 Å². The van der Waals surface area contributed by atoms with E-state index in [0.717, 1.165) is 24.3 Å². The molecular formula is C17H19N4+. The number of benzene rings is 1. The third kappa shape index (κ3) is 1.17. The maximum atomic E-state index is 4.64. The summed E-state index contributed by atoms with van der Waals surface area (Å²) in [7, 11) is 0. The van der Waals surface area contributed by atoms with Gasteiger partial charge in [0.15, 0.2) is 5.21 Å². The molecular weight excluding hydrogens is 260 g/mol. The lowest BCUT2D eigenvalue weighted by Crippen LogP contribution is -2.39. The van der Waals surface area contributed by atoms with Gasteiger partial charge < -0.3 is 0 Å². The molecule has 0 spiro atoms. The van der Waals surface area contributed by atoms with Gasteiger partial charge in [0.05, 0.1) is 5.56 Å². The molecule has 2 heterocycles. The molecule has 0 radical (unpaired) electrons. The predicted octanol–water partition coefficient (Wildman–Crippen LogP) is 2.13. The summed E-state index contributed by atoms with van der Waals surface area (Å²) in [5.41, 5.74) is 3.03. The highest BCUT2D eigenvalue weighted by atomic mass is 15.6. The van der Waals surface area contributed by atoms with E-state index in [1.165, 1.54) is 49.1 Å². The van der Waals surface area contributed by atoms with Crippen LogP contribution in [0.25, 0.3) is 11.4 Å². The smallest absolute Gasteiger partial charge is 0.128 e. The van der Waals surface area contributed by atoms with Crippen LogP contribution < -0.4 is 4.68 Å². The molecule has 4 saturated carbocycles. The van der Waals surface area contributed by atoms with E-state index in [0.29, 0.717) is 5.54 Å². The van der Waals surface area contributed by atoms with Gasteiger partial charge in [-0.3, -0.25) is 0 Å². The second-order valence-electron chi connectivity index (χ2n) is 7.68. The lowest BCUT2D eigenvalue weighted by atomic mass is 9.80. The minimum absolute atomic E-state index is 0.290. The minimum atomic E-state index is 0.290. The van der Waals surface area contributed by atoms with Gasteiger partial charge in [-0.1, -0.05) is 22.9 Å². The fourth-order valence-corrected chi connectivity index (χ4v) is 6.08. The molecule has 4 bridgehead atoms. The first-order valence-corrected chi connectivity index (χ1v) is 8.28. The Hall–Kier alpha value is -1.71. The average Bonchev–Trinajstić information content (AvgIpc) is 3.15. The van der Waals surface area contributed by atoms with E-state index in [1.54, 1.807) is 0 Å². The van der Waals surface area contributed by atoms with Gasteiger partial charge in [0, 0.05) is 5.56 Å². The van der Waals surface area contributed by atoms with Crippen molar-refractivity contribution >= 4 is 0 Å². The molecule has 7 rings (SSSR count). The van der Waals surface area contributed by atoms with Crippen molar-refractivity contribution in [3.8, 4) is 11.4 Å². The predicted molar refractivity (Wildman–Crippen MR) is 76.3 cm³/mol. The van der Waals surface area contributed by atoms with E-state index < -0.39 is 0 Å². The van der Waals surface area contributed by atoms with Crippen molar-refractivity contribution < 1.29 is 4.68 Å². The van der Waals surface area contributed by atoms with Crippen molar-refractivity contribution in [2.75, 3.05) is 0 Å². The van der Waals surface area contributed by atoms with Crippen LogP contribution in [0.15, 0.2) is 24.3 Å². The Morgan fingerprint density at radius 2 is 1.90 bits per heavy atom. The van der Waals surface area contributed by atoms with Gasteiger partial charge >= 0.3 is 0 Å². The molecule has 2 aromatic rings. The minimum Gasteiger partial charge on any atom is -0.128 e. The monoisotopic (exact) mass is 279 g/mol. The second kappa shape index (κ2) is 3.37. The summed E-state index contributed by atoms with van der Waals surface area (Å²) in [4.78, 5) is 0. The molecule has 4 heteroatoms. The molecule has 106 valence electrons. The summed E-state index contributed by atoms with van der Waals surface area (Å²) in [5, 5.41) is 9.12. The topological polar surface area (TPSA) is 34.6 Å². The van der Waals surface area contributed by atoms with E-state index in [2.05, 4.69) is 44.1 Å². The largest absolute Gasteiger partial charge is 0.290 e. The number of fused-ring (bicyclic) bond motifs is 3. The van der Waals surface area contributed by atoms with Crippen molar-refractivity contribution in [3.63, 3.8) is 0 Å². The molecule has 0 N–H and O–H groups in total. The molecule has 1 aromatic carbocycles. The summed E-state index contributed by atoms with van der Waals surface area (Å²) in [6.07, 6.45) is 7.01. The Balaban J connectivity index is 1.58. The van der Waals surface area contributed by atoms with Crippen LogP contribution in [0.1, 0.15) is 37.7 Å². The highest BCUT2D eigenvalue weighted by molar-refractivity contribution is 5.60. The number of aromatic nitrogens is 4. The van der Waals surface area contributed by atoms with Crippen LogP contribution in [0.4, 0.5) is 0 Å². The Bertz CT molecular complexity index is 748. The van der Waals surface area contributed by atoms with E-state index in [1.807, 2.05) is 0 Å². The molecule has 4 nitrogen and oxygen atoms in total. The van der Waals surface area contributed by atoms with Crippen molar-refractivity contribution in [3.05, 3.63) is 29.8 Å². The lowest BCUT2D eigenvalue weighted by molar-refractivity contribution is -0.732. The molecule has 0 saturated heterocycles. The van der Waals surface area contributed by atoms with Gasteiger partial charge in [0.2, 0.25) is 0 Å². The van der Waals surface area contributed by atoms with E-state index in [9.17, 15) is 0 Å². The molecule has 5 aliphatic rings. The van der Waals surface area contributed by atoms with Crippen molar-refractivity contribution in [1.29, 1.82) is 0 Å². The Morgan fingerprint density at radius 3 is 2.76 bits per heavy atom. The van der Waals surface area contributed by atoms with Crippen LogP contribution in [-0.2, 0) is 12.1 Å². The summed E-state index contributed by atoms with van der Waals surface area (Å²) in [5.74, 6) is 4.01. The molecule has 1 aromatic heterocycles. The van der Waals surface area contributed by atoms with Gasteiger partial charge in [-0.2, -0.15) is 0 Å². The normalized spacial score (nSPS) is 38.0.